The van der Waals surface area contributed by atoms with Crippen molar-refractivity contribution in [3.63, 3.8) is 0 Å². The summed E-state index contributed by atoms with van der Waals surface area (Å²) in [7, 11) is 1.55. The Labute approximate surface area is 144 Å². The third-order valence-corrected chi connectivity index (χ3v) is 4.70. The van der Waals surface area contributed by atoms with Gasteiger partial charge in [-0.15, -0.1) is 11.3 Å². The molecule has 0 aliphatic carbocycles. The zero-order chi connectivity index (χ0) is 17.1. The van der Waals surface area contributed by atoms with E-state index in [1.807, 2.05) is 23.6 Å². The molecule has 0 bridgehead atoms. The van der Waals surface area contributed by atoms with Gasteiger partial charge in [0.25, 0.3) is 5.91 Å². The van der Waals surface area contributed by atoms with Gasteiger partial charge < -0.3 is 10.1 Å². The molecule has 2 amide bonds. The van der Waals surface area contributed by atoms with Gasteiger partial charge in [-0.05, 0) is 31.0 Å². The Kier molecular flexibility index (Phi) is 4.80. The van der Waals surface area contributed by atoms with Crippen molar-refractivity contribution in [3.8, 4) is 17.0 Å². The van der Waals surface area contributed by atoms with Crippen LogP contribution in [0.1, 0.15) is 18.4 Å². The van der Waals surface area contributed by atoms with E-state index in [9.17, 15) is 9.59 Å². The number of benzene rings is 1. The Morgan fingerprint density at radius 1 is 1.46 bits per heavy atom. The van der Waals surface area contributed by atoms with Gasteiger partial charge in [0.05, 0.1) is 16.4 Å². The van der Waals surface area contributed by atoms with Crippen molar-refractivity contribution in [1.29, 1.82) is 0 Å². The fraction of sp³-hybridized carbons (Fsp3) is 0.353. The predicted octanol–water partition coefficient (Wildman–Crippen LogP) is 2.23. The van der Waals surface area contributed by atoms with Gasteiger partial charge in [-0.3, -0.25) is 14.5 Å². The normalized spacial score (nSPS) is 13.4. The van der Waals surface area contributed by atoms with E-state index in [1.54, 1.807) is 18.4 Å². The number of carbonyl (C=O) groups is 2. The number of aromatic nitrogens is 1. The van der Waals surface area contributed by atoms with Crippen LogP contribution >= 0.6 is 11.3 Å². The topological polar surface area (TPSA) is 71.5 Å². The summed E-state index contributed by atoms with van der Waals surface area (Å²) >= 11 is 1.63. The summed E-state index contributed by atoms with van der Waals surface area (Å²) in [6.45, 7) is 2.05. The van der Waals surface area contributed by atoms with Crippen LogP contribution in [0.25, 0.3) is 11.3 Å². The molecule has 0 saturated heterocycles. The molecule has 3 rings (SSSR count). The summed E-state index contributed by atoms with van der Waals surface area (Å²) in [5, 5.41) is 5.66. The number of rotatable bonds is 5. The fourth-order valence-electron chi connectivity index (χ4n) is 2.53. The number of carbonyl (C=O) groups excluding carboxylic acids is 2. The molecule has 1 aromatic heterocycles. The molecular weight excluding hydrogens is 326 g/mol. The van der Waals surface area contributed by atoms with Crippen LogP contribution in [-0.4, -0.2) is 37.0 Å². The highest BCUT2D eigenvalue weighted by atomic mass is 32.1. The Hall–Kier alpha value is -2.41. The molecule has 1 aliphatic rings. The number of aryl methyl sites for hydroxylation is 1. The zero-order valence-electron chi connectivity index (χ0n) is 13.7. The Morgan fingerprint density at radius 2 is 2.29 bits per heavy atom. The van der Waals surface area contributed by atoms with Gasteiger partial charge >= 0.3 is 0 Å². The monoisotopic (exact) mass is 345 g/mol. The lowest BCUT2D eigenvalue weighted by Crippen LogP contribution is -2.44. The smallest absolute Gasteiger partial charge is 0.265 e. The molecule has 0 fully saturated rings. The van der Waals surface area contributed by atoms with Gasteiger partial charge in [0.2, 0.25) is 5.91 Å². The average molecular weight is 345 g/mol. The summed E-state index contributed by atoms with van der Waals surface area (Å²) < 4.78 is 5.48. The molecule has 0 unspecified atom stereocenters. The summed E-state index contributed by atoms with van der Waals surface area (Å²) in [6, 6.07) is 5.62. The number of anilines is 1. The molecule has 0 saturated carbocycles. The van der Waals surface area contributed by atoms with Crippen LogP contribution < -0.4 is 15.0 Å². The van der Waals surface area contributed by atoms with E-state index in [-0.39, 0.29) is 25.0 Å². The summed E-state index contributed by atoms with van der Waals surface area (Å²) in [5.41, 5.74) is 2.40. The van der Waals surface area contributed by atoms with Crippen LogP contribution in [0, 0.1) is 0 Å². The lowest BCUT2D eigenvalue weighted by molar-refractivity contribution is -0.125. The first-order valence-corrected chi connectivity index (χ1v) is 8.73. The fourth-order valence-corrected chi connectivity index (χ4v) is 3.44. The minimum atomic E-state index is -0.229. The highest BCUT2D eigenvalue weighted by Gasteiger charge is 2.27. The third kappa shape index (κ3) is 3.26. The lowest BCUT2D eigenvalue weighted by atomic mass is 10.1. The minimum Gasteiger partial charge on any atom is -0.482 e. The van der Waals surface area contributed by atoms with E-state index in [1.165, 1.54) is 4.90 Å². The van der Waals surface area contributed by atoms with E-state index in [0.29, 0.717) is 11.4 Å². The van der Waals surface area contributed by atoms with Crippen molar-refractivity contribution < 1.29 is 14.3 Å². The zero-order valence-corrected chi connectivity index (χ0v) is 14.5. The van der Waals surface area contributed by atoms with E-state index in [4.69, 9.17) is 4.74 Å². The average Bonchev–Trinajstić information content (AvgIpc) is 3.06. The van der Waals surface area contributed by atoms with Gasteiger partial charge in [0.1, 0.15) is 12.3 Å². The molecule has 0 spiro atoms. The summed E-state index contributed by atoms with van der Waals surface area (Å²) in [5.74, 6) is 0.153. The van der Waals surface area contributed by atoms with E-state index in [2.05, 4.69) is 17.2 Å². The summed E-state index contributed by atoms with van der Waals surface area (Å²) in [6.07, 6.45) is 2.01. The maximum Gasteiger partial charge on any atom is 0.265 e. The van der Waals surface area contributed by atoms with Crippen LogP contribution in [0.3, 0.4) is 0 Å². The van der Waals surface area contributed by atoms with Crippen LogP contribution in [0.5, 0.6) is 5.75 Å². The molecule has 24 heavy (non-hydrogen) atoms. The SMILES string of the molecule is CCCc1nc(-c2ccc3c(c2)N(CC(=O)NC)C(=O)CO3)cs1. The first-order chi connectivity index (χ1) is 11.6. The molecule has 2 aromatic rings. The van der Waals surface area contributed by atoms with Crippen molar-refractivity contribution in [2.45, 2.75) is 19.8 Å². The van der Waals surface area contributed by atoms with Crippen molar-refractivity contribution in [2.75, 3.05) is 25.1 Å². The van der Waals surface area contributed by atoms with E-state index < -0.39 is 0 Å². The minimum absolute atomic E-state index is 0.0205. The molecule has 126 valence electrons. The Balaban J connectivity index is 1.95. The molecule has 6 nitrogen and oxygen atoms in total. The third-order valence-electron chi connectivity index (χ3n) is 3.79. The second kappa shape index (κ2) is 7.00. The number of nitrogens with zero attached hydrogens (tertiary/aromatic N) is 2. The van der Waals surface area contributed by atoms with Gasteiger partial charge in [-0.2, -0.15) is 0 Å². The molecule has 1 aliphatic heterocycles. The molecule has 2 heterocycles. The molecular formula is C17H19N3O3S. The van der Waals surface area contributed by atoms with Crippen LogP contribution in [0.15, 0.2) is 23.6 Å². The number of ether oxygens (including phenoxy) is 1. The van der Waals surface area contributed by atoms with Crippen LogP contribution in [-0.2, 0) is 16.0 Å². The van der Waals surface area contributed by atoms with E-state index in [0.717, 1.165) is 29.1 Å². The predicted molar refractivity (Wildman–Crippen MR) is 93.5 cm³/mol. The molecule has 1 aromatic carbocycles. The number of thiazole rings is 1. The number of amides is 2. The number of fused-ring (bicyclic) bond motifs is 1. The van der Waals surface area contributed by atoms with Crippen molar-refractivity contribution in [3.05, 3.63) is 28.6 Å². The van der Waals surface area contributed by atoms with Crippen LogP contribution in [0.4, 0.5) is 5.69 Å². The standard InChI is InChI=1S/C17H19N3O3S/c1-3-4-16-19-12(10-24-16)11-5-6-14-13(7-11)20(8-15(21)18-2)17(22)9-23-14/h5-7,10H,3-4,8-9H2,1-2H3,(H,18,21). The first kappa shape index (κ1) is 16.4. The lowest BCUT2D eigenvalue weighted by Gasteiger charge is -2.29. The highest BCUT2D eigenvalue weighted by molar-refractivity contribution is 7.09. The largest absolute Gasteiger partial charge is 0.482 e. The second-order valence-corrected chi connectivity index (χ2v) is 6.44. The maximum atomic E-state index is 12.2. The number of likely N-dealkylation sites (N-methyl/N-ethyl adjacent to an activating group) is 1. The molecule has 0 radical (unpaired) electrons. The number of hydrogen-bond acceptors (Lipinski definition) is 5. The van der Waals surface area contributed by atoms with Crippen LogP contribution in [0.2, 0.25) is 0 Å². The van der Waals surface area contributed by atoms with Gasteiger partial charge in [0.15, 0.2) is 6.61 Å². The molecule has 0 atom stereocenters. The summed E-state index contributed by atoms with van der Waals surface area (Å²) in [4.78, 5) is 30.0. The van der Waals surface area contributed by atoms with Crippen molar-refractivity contribution >= 4 is 28.8 Å². The Bertz CT molecular complexity index is 772. The maximum absolute atomic E-state index is 12.2. The van der Waals surface area contributed by atoms with Gasteiger partial charge in [-0.25, -0.2) is 4.98 Å². The van der Waals surface area contributed by atoms with Gasteiger partial charge in [0, 0.05) is 18.0 Å². The van der Waals surface area contributed by atoms with E-state index >= 15 is 0 Å². The quantitative estimate of drug-likeness (QED) is 0.902. The molecule has 7 heteroatoms. The van der Waals surface area contributed by atoms with Gasteiger partial charge in [-0.1, -0.05) is 6.92 Å². The van der Waals surface area contributed by atoms with Crippen molar-refractivity contribution in [2.24, 2.45) is 0 Å². The molecule has 1 N–H and O–H groups in total. The highest BCUT2D eigenvalue weighted by Crippen LogP contribution is 2.36. The number of hydrogen-bond donors (Lipinski definition) is 1. The number of nitrogens with one attached hydrogen (secondary N) is 1. The second-order valence-electron chi connectivity index (χ2n) is 5.50. The first-order valence-electron chi connectivity index (χ1n) is 7.85. The van der Waals surface area contributed by atoms with Crippen molar-refractivity contribution in [1.82, 2.24) is 10.3 Å². The Morgan fingerprint density at radius 3 is 3.04 bits per heavy atom.